The summed E-state index contributed by atoms with van der Waals surface area (Å²) < 4.78 is 1.06. The van der Waals surface area contributed by atoms with Gasteiger partial charge in [0, 0.05) is 0 Å². The maximum absolute atomic E-state index is 12.1. The third-order valence-electron chi connectivity index (χ3n) is 3.32. The van der Waals surface area contributed by atoms with Gasteiger partial charge in [-0.25, -0.2) is 4.79 Å². The number of carbonyl (C=O) groups is 1. The van der Waals surface area contributed by atoms with Crippen LogP contribution in [0.25, 0.3) is 5.69 Å². The lowest BCUT2D eigenvalue weighted by atomic mass is 10.0. The Bertz CT molecular complexity index is 836. The molecule has 0 saturated carbocycles. The van der Waals surface area contributed by atoms with Crippen molar-refractivity contribution in [2.45, 2.75) is 19.9 Å². The van der Waals surface area contributed by atoms with E-state index < -0.39 is 17.6 Å². The maximum Gasteiger partial charge on any atom is 0.326 e. The van der Waals surface area contributed by atoms with E-state index in [1.165, 1.54) is 12.3 Å². The molecule has 0 bridgehead atoms. The fraction of sp³-hybridized carbons (Fsp3) is 0.267. The van der Waals surface area contributed by atoms with Gasteiger partial charge < -0.3 is 10.4 Å². The van der Waals surface area contributed by atoms with Crippen LogP contribution in [0.2, 0.25) is 15.1 Å². The van der Waals surface area contributed by atoms with Gasteiger partial charge in [0.15, 0.2) is 0 Å². The Balaban J connectivity index is 2.39. The number of nitrogens with one attached hydrogen (secondary N) is 1. The second kappa shape index (κ2) is 7.42. The molecule has 0 spiro atoms. The Hall–Kier alpha value is -1.76. The number of hydrogen-bond donors (Lipinski definition) is 2. The molecule has 0 unspecified atom stereocenters. The van der Waals surface area contributed by atoms with Crippen molar-refractivity contribution in [1.29, 1.82) is 0 Å². The summed E-state index contributed by atoms with van der Waals surface area (Å²) in [5.41, 5.74) is 0.242. The summed E-state index contributed by atoms with van der Waals surface area (Å²) in [6, 6.07) is 3.85. The van der Waals surface area contributed by atoms with Gasteiger partial charge in [-0.3, -0.25) is 4.79 Å². The number of halogens is 3. The number of nitrogens with zero attached hydrogens (tertiary/aromatic N) is 2. The largest absolute Gasteiger partial charge is 0.480 e. The van der Waals surface area contributed by atoms with Gasteiger partial charge >= 0.3 is 5.97 Å². The van der Waals surface area contributed by atoms with Gasteiger partial charge in [0.05, 0.1) is 27.6 Å². The molecule has 1 heterocycles. The summed E-state index contributed by atoms with van der Waals surface area (Å²) in [4.78, 5) is 23.4. The van der Waals surface area contributed by atoms with Gasteiger partial charge in [0.1, 0.15) is 11.1 Å². The molecule has 6 nitrogen and oxygen atoms in total. The molecule has 24 heavy (non-hydrogen) atoms. The van der Waals surface area contributed by atoms with E-state index >= 15 is 0 Å². The average Bonchev–Trinajstić information content (AvgIpc) is 2.51. The SMILES string of the molecule is CC(C)[C@H](Nc1ccc(-n2ncc(Cl)c(Cl)c2=O)cc1Cl)C(=O)O. The minimum atomic E-state index is -0.979. The summed E-state index contributed by atoms with van der Waals surface area (Å²) in [7, 11) is 0. The number of rotatable bonds is 5. The van der Waals surface area contributed by atoms with Crippen LogP contribution >= 0.6 is 34.8 Å². The highest BCUT2D eigenvalue weighted by Gasteiger charge is 2.22. The number of anilines is 1. The number of carboxylic acid groups (broad SMARTS) is 1. The molecule has 1 atom stereocenters. The van der Waals surface area contributed by atoms with Gasteiger partial charge in [0.25, 0.3) is 5.56 Å². The maximum atomic E-state index is 12.1. The number of aliphatic carboxylic acids is 1. The molecule has 2 aromatic rings. The molecule has 9 heteroatoms. The van der Waals surface area contributed by atoms with Crippen molar-refractivity contribution in [2.24, 2.45) is 5.92 Å². The van der Waals surface area contributed by atoms with Crippen molar-refractivity contribution in [1.82, 2.24) is 9.78 Å². The molecule has 2 rings (SSSR count). The Kier molecular flexibility index (Phi) is 5.74. The Morgan fingerprint density at radius 2 is 1.92 bits per heavy atom. The average molecular weight is 391 g/mol. The van der Waals surface area contributed by atoms with Gasteiger partial charge in [-0.05, 0) is 24.1 Å². The van der Waals surface area contributed by atoms with Crippen LogP contribution < -0.4 is 10.9 Å². The van der Waals surface area contributed by atoms with E-state index in [-0.39, 0.29) is 21.0 Å². The van der Waals surface area contributed by atoms with E-state index in [2.05, 4.69) is 10.4 Å². The van der Waals surface area contributed by atoms with Gasteiger partial charge in [-0.1, -0.05) is 48.7 Å². The second-order valence-corrected chi connectivity index (χ2v) is 6.58. The summed E-state index contributed by atoms with van der Waals surface area (Å²) in [5.74, 6) is -1.12. The number of aromatic nitrogens is 2. The molecule has 0 aliphatic heterocycles. The van der Waals surface area contributed by atoms with Crippen LogP contribution in [-0.2, 0) is 4.79 Å². The first kappa shape index (κ1) is 18.6. The van der Waals surface area contributed by atoms with Crippen molar-refractivity contribution in [3.8, 4) is 5.69 Å². The molecule has 0 amide bonds. The Morgan fingerprint density at radius 1 is 1.25 bits per heavy atom. The van der Waals surface area contributed by atoms with Crippen LogP contribution in [0.15, 0.2) is 29.2 Å². The fourth-order valence-corrected chi connectivity index (χ4v) is 2.51. The normalized spacial score (nSPS) is 12.2. The van der Waals surface area contributed by atoms with E-state index in [0.29, 0.717) is 11.4 Å². The summed E-state index contributed by atoms with van der Waals surface area (Å²) in [6.45, 7) is 3.57. The van der Waals surface area contributed by atoms with Crippen LogP contribution in [0.4, 0.5) is 5.69 Å². The zero-order chi connectivity index (χ0) is 18.0. The van der Waals surface area contributed by atoms with Crippen molar-refractivity contribution in [2.75, 3.05) is 5.32 Å². The van der Waals surface area contributed by atoms with E-state index in [1.54, 1.807) is 26.0 Å². The van der Waals surface area contributed by atoms with Gasteiger partial charge in [0.2, 0.25) is 0 Å². The van der Waals surface area contributed by atoms with E-state index in [0.717, 1.165) is 4.68 Å². The van der Waals surface area contributed by atoms with E-state index in [9.17, 15) is 14.7 Å². The minimum absolute atomic E-state index is 0.0588. The first-order chi connectivity index (χ1) is 11.2. The Morgan fingerprint density at radius 3 is 2.46 bits per heavy atom. The van der Waals surface area contributed by atoms with Crippen molar-refractivity contribution < 1.29 is 9.90 Å². The lowest BCUT2D eigenvalue weighted by Crippen LogP contribution is -2.34. The number of carboxylic acids is 1. The number of benzene rings is 1. The van der Waals surface area contributed by atoms with E-state index in [1.807, 2.05) is 0 Å². The first-order valence-corrected chi connectivity index (χ1v) is 8.08. The molecule has 1 aromatic heterocycles. The van der Waals surface area contributed by atoms with E-state index in [4.69, 9.17) is 34.8 Å². The van der Waals surface area contributed by atoms with Crippen LogP contribution in [0, 0.1) is 5.92 Å². The molecular formula is C15H14Cl3N3O3. The molecule has 0 radical (unpaired) electrons. The molecule has 0 aliphatic carbocycles. The summed E-state index contributed by atoms with van der Waals surface area (Å²) in [6.07, 6.45) is 1.25. The highest BCUT2D eigenvalue weighted by atomic mass is 35.5. The molecule has 128 valence electrons. The topological polar surface area (TPSA) is 84.2 Å². The smallest absolute Gasteiger partial charge is 0.326 e. The highest BCUT2D eigenvalue weighted by molar-refractivity contribution is 6.41. The zero-order valence-corrected chi connectivity index (χ0v) is 15.0. The van der Waals surface area contributed by atoms with Crippen LogP contribution in [0.1, 0.15) is 13.8 Å². The van der Waals surface area contributed by atoms with Crippen molar-refractivity contribution in [3.63, 3.8) is 0 Å². The second-order valence-electron chi connectivity index (χ2n) is 5.39. The summed E-state index contributed by atoms with van der Waals surface area (Å²) in [5, 5.41) is 16.2. The minimum Gasteiger partial charge on any atom is -0.480 e. The zero-order valence-electron chi connectivity index (χ0n) is 12.8. The quantitative estimate of drug-likeness (QED) is 0.813. The third-order valence-corrected chi connectivity index (χ3v) is 4.38. The predicted octanol–water partition coefficient (Wildman–Crippen LogP) is 3.71. The van der Waals surface area contributed by atoms with Crippen LogP contribution in [0.5, 0.6) is 0 Å². The third kappa shape index (κ3) is 3.83. The molecule has 0 aliphatic rings. The Labute approximate surface area is 153 Å². The predicted molar refractivity (Wildman–Crippen MR) is 94.7 cm³/mol. The standard InChI is InChI=1S/C15H14Cl3N3O3/c1-7(2)13(15(23)24)20-11-4-3-8(5-9(11)16)21-14(22)12(18)10(17)6-19-21/h3-7,13,20H,1-2H3,(H,23,24)/t13-/m0/s1. The fourth-order valence-electron chi connectivity index (χ4n) is 2.03. The van der Waals surface area contributed by atoms with Crippen LogP contribution in [-0.4, -0.2) is 26.9 Å². The first-order valence-electron chi connectivity index (χ1n) is 6.95. The monoisotopic (exact) mass is 389 g/mol. The van der Waals surface area contributed by atoms with Crippen molar-refractivity contribution >= 4 is 46.5 Å². The lowest BCUT2D eigenvalue weighted by molar-refractivity contribution is -0.138. The molecule has 0 fully saturated rings. The lowest BCUT2D eigenvalue weighted by Gasteiger charge is -2.20. The molecule has 1 aromatic carbocycles. The van der Waals surface area contributed by atoms with Gasteiger partial charge in [-0.2, -0.15) is 9.78 Å². The summed E-state index contributed by atoms with van der Waals surface area (Å²) >= 11 is 17.8. The molecule has 0 saturated heterocycles. The van der Waals surface area contributed by atoms with Crippen LogP contribution in [0.3, 0.4) is 0 Å². The highest BCUT2D eigenvalue weighted by Crippen LogP contribution is 2.26. The molecular weight excluding hydrogens is 377 g/mol. The van der Waals surface area contributed by atoms with Gasteiger partial charge in [-0.15, -0.1) is 0 Å². The number of hydrogen-bond acceptors (Lipinski definition) is 4. The molecule has 2 N–H and O–H groups in total. The van der Waals surface area contributed by atoms with Crippen molar-refractivity contribution in [3.05, 3.63) is 49.8 Å².